The summed E-state index contributed by atoms with van der Waals surface area (Å²) in [5, 5.41) is 0. The molecule has 108 valence electrons. The van der Waals surface area contributed by atoms with Crippen LogP contribution < -0.4 is 16.0 Å². The van der Waals surface area contributed by atoms with Crippen molar-refractivity contribution in [1.29, 1.82) is 0 Å². The summed E-state index contributed by atoms with van der Waals surface area (Å²) in [4.78, 5) is 0. The van der Waals surface area contributed by atoms with Crippen molar-refractivity contribution in [1.82, 2.24) is 5.43 Å². The molecule has 0 fully saturated rings. The zero-order valence-electron chi connectivity index (χ0n) is 10.7. The summed E-state index contributed by atoms with van der Waals surface area (Å²) in [6, 6.07) is 5.23. The number of benzene rings is 1. The molecule has 0 amide bonds. The van der Waals surface area contributed by atoms with E-state index in [0.717, 1.165) is 0 Å². The van der Waals surface area contributed by atoms with Crippen LogP contribution >= 0.6 is 0 Å². The van der Waals surface area contributed by atoms with E-state index in [4.69, 9.17) is 10.6 Å². The van der Waals surface area contributed by atoms with Gasteiger partial charge in [-0.3, -0.25) is 11.3 Å². The van der Waals surface area contributed by atoms with Crippen LogP contribution in [0.15, 0.2) is 24.3 Å². The summed E-state index contributed by atoms with van der Waals surface area (Å²) in [5.74, 6) is 5.14. The third-order valence-electron chi connectivity index (χ3n) is 2.53. The van der Waals surface area contributed by atoms with Crippen LogP contribution in [0.1, 0.15) is 25.5 Å². The van der Waals surface area contributed by atoms with Gasteiger partial charge in [0.25, 0.3) is 0 Å². The number of halogens is 3. The Labute approximate surface area is 109 Å². The summed E-state index contributed by atoms with van der Waals surface area (Å²) in [6.07, 6.45) is -4.99. The first kappa shape index (κ1) is 15.7. The van der Waals surface area contributed by atoms with Crippen molar-refractivity contribution in [3.05, 3.63) is 29.8 Å². The predicted molar refractivity (Wildman–Crippen MR) is 64.3 cm³/mol. The molecule has 1 rings (SSSR count). The highest BCUT2D eigenvalue weighted by molar-refractivity contribution is 5.31. The third kappa shape index (κ3) is 5.06. The lowest BCUT2D eigenvalue weighted by molar-refractivity contribution is -0.274. The Hall–Kier alpha value is -1.31. The Morgan fingerprint density at radius 2 is 2.05 bits per heavy atom. The van der Waals surface area contributed by atoms with Gasteiger partial charge in [-0.2, -0.15) is 0 Å². The van der Waals surface area contributed by atoms with Crippen LogP contribution in [-0.4, -0.2) is 19.1 Å². The minimum atomic E-state index is -4.71. The lowest BCUT2D eigenvalue weighted by Gasteiger charge is -2.24. The van der Waals surface area contributed by atoms with Gasteiger partial charge in [0.1, 0.15) is 5.75 Å². The van der Waals surface area contributed by atoms with Crippen LogP contribution in [0.4, 0.5) is 13.2 Å². The van der Waals surface area contributed by atoms with Gasteiger partial charge < -0.3 is 9.47 Å². The van der Waals surface area contributed by atoms with Crippen molar-refractivity contribution in [2.45, 2.75) is 32.4 Å². The second-order valence-electron chi connectivity index (χ2n) is 3.93. The van der Waals surface area contributed by atoms with Gasteiger partial charge in [0.15, 0.2) is 0 Å². The maximum absolute atomic E-state index is 12.1. The molecule has 1 aromatic carbocycles. The molecule has 0 heterocycles. The van der Waals surface area contributed by atoms with Crippen LogP contribution in [-0.2, 0) is 4.74 Å². The topological polar surface area (TPSA) is 56.5 Å². The molecule has 0 saturated heterocycles. The average Bonchev–Trinajstić information content (AvgIpc) is 2.28. The quantitative estimate of drug-likeness (QED) is 0.620. The van der Waals surface area contributed by atoms with E-state index >= 15 is 0 Å². The number of hydrogen-bond donors (Lipinski definition) is 2. The van der Waals surface area contributed by atoms with Crippen molar-refractivity contribution in [3.8, 4) is 5.75 Å². The van der Waals surface area contributed by atoms with E-state index in [9.17, 15) is 13.2 Å². The van der Waals surface area contributed by atoms with Crippen molar-refractivity contribution < 1.29 is 22.6 Å². The number of nitrogens with two attached hydrogens (primary N) is 1. The van der Waals surface area contributed by atoms with Crippen molar-refractivity contribution in [2.24, 2.45) is 5.84 Å². The molecule has 0 bridgehead atoms. The molecule has 0 saturated carbocycles. The van der Waals surface area contributed by atoms with Gasteiger partial charge >= 0.3 is 6.36 Å². The lowest BCUT2D eigenvalue weighted by atomic mass is 10.0. The third-order valence-corrected chi connectivity index (χ3v) is 2.53. The Kier molecular flexibility index (Phi) is 5.59. The summed E-state index contributed by atoms with van der Waals surface area (Å²) < 4.78 is 45.7. The smallest absolute Gasteiger partial charge is 0.406 e. The van der Waals surface area contributed by atoms with Gasteiger partial charge in [-0.15, -0.1) is 13.2 Å². The largest absolute Gasteiger partial charge is 0.573 e. The zero-order valence-corrected chi connectivity index (χ0v) is 10.7. The molecule has 19 heavy (non-hydrogen) atoms. The molecule has 7 heteroatoms. The average molecular weight is 278 g/mol. The van der Waals surface area contributed by atoms with Crippen LogP contribution in [0.5, 0.6) is 5.75 Å². The van der Waals surface area contributed by atoms with E-state index in [0.29, 0.717) is 12.2 Å². The summed E-state index contributed by atoms with van der Waals surface area (Å²) >= 11 is 0. The van der Waals surface area contributed by atoms with Gasteiger partial charge in [-0.05, 0) is 31.5 Å². The molecule has 0 aromatic heterocycles. The SMILES string of the molecule is CCOC(C)C(NN)c1cccc(OC(F)(F)F)c1. The number of hydrogen-bond acceptors (Lipinski definition) is 4. The number of rotatable bonds is 6. The molecule has 0 radical (unpaired) electrons. The molecule has 2 unspecified atom stereocenters. The molecule has 0 aliphatic heterocycles. The Bertz CT molecular complexity index is 399. The summed E-state index contributed by atoms with van der Waals surface area (Å²) in [7, 11) is 0. The Morgan fingerprint density at radius 1 is 1.37 bits per heavy atom. The molecule has 0 aliphatic rings. The monoisotopic (exact) mass is 278 g/mol. The number of nitrogens with one attached hydrogen (secondary N) is 1. The van der Waals surface area contributed by atoms with Crippen LogP contribution in [0.25, 0.3) is 0 Å². The maximum atomic E-state index is 12.1. The maximum Gasteiger partial charge on any atom is 0.573 e. The van der Waals surface area contributed by atoms with Gasteiger partial charge in [-0.1, -0.05) is 12.1 Å². The highest BCUT2D eigenvalue weighted by Crippen LogP contribution is 2.27. The standard InChI is InChI=1S/C12H17F3N2O2/c1-3-18-8(2)11(17-16)9-5-4-6-10(7-9)19-12(13,14)15/h4-8,11,17H,3,16H2,1-2H3. The zero-order chi connectivity index (χ0) is 14.5. The molecular formula is C12H17F3N2O2. The Balaban J connectivity index is 2.90. The van der Waals surface area contributed by atoms with Gasteiger partial charge in [0.2, 0.25) is 0 Å². The minimum absolute atomic E-state index is 0.281. The first-order valence-corrected chi connectivity index (χ1v) is 5.80. The molecule has 1 aromatic rings. The summed E-state index contributed by atoms with van der Waals surface area (Å²) in [5.41, 5.74) is 3.09. The number of alkyl halides is 3. The van der Waals surface area contributed by atoms with Gasteiger partial charge in [0.05, 0.1) is 12.1 Å². The van der Waals surface area contributed by atoms with E-state index in [1.807, 2.05) is 6.92 Å². The van der Waals surface area contributed by atoms with Crippen molar-refractivity contribution >= 4 is 0 Å². The number of hydrazine groups is 1. The second kappa shape index (κ2) is 6.74. The van der Waals surface area contributed by atoms with Crippen LogP contribution in [0.2, 0.25) is 0 Å². The van der Waals surface area contributed by atoms with Crippen molar-refractivity contribution in [2.75, 3.05) is 6.61 Å². The second-order valence-corrected chi connectivity index (χ2v) is 3.93. The van der Waals surface area contributed by atoms with E-state index in [2.05, 4.69) is 10.2 Å². The predicted octanol–water partition coefficient (Wildman–Crippen LogP) is 2.51. The normalized spacial score (nSPS) is 15.1. The first-order chi connectivity index (χ1) is 8.87. The first-order valence-electron chi connectivity index (χ1n) is 5.80. The van der Waals surface area contributed by atoms with E-state index in [1.165, 1.54) is 18.2 Å². The van der Waals surface area contributed by atoms with Gasteiger partial charge in [-0.25, -0.2) is 0 Å². The van der Waals surface area contributed by atoms with Gasteiger partial charge in [0, 0.05) is 6.61 Å². The fourth-order valence-corrected chi connectivity index (χ4v) is 1.77. The molecular weight excluding hydrogens is 261 g/mol. The number of ether oxygens (including phenoxy) is 2. The Morgan fingerprint density at radius 3 is 2.58 bits per heavy atom. The highest BCUT2D eigenvalue weighted by atomic mass is 19.4. The molecule has 3 N–H and O–H groups in total. The van der Waals surface area contributed by atoms with E-state index in [-0.39, 0.29) is 11.9 Å². The van der Waals surface area contributed by atoms with Crippen LogP contribution in [0.3, 0.4) is 0 Å². The lowest BCUT2D eigenvalue weighted by Crippen LogP contribution is -2.36. The molecule has 4 nitrogen and oxygen atoms in total. The summed E-state index contributed by atoms with van der Waals surface area (Å²) in [6.45, 7) is 4.09. The van der Waals surface area contributed by atoms with Crippen molar-refractivity contribution in [3.63, 3.8) is 0 Å². The highest BCUT2D eigenvalue weighted by Gasteiger charge is 2.31. The van der Waals surface area contributed by atoms with Crippen LogP contribution in [0, 0.1) is 0 Å². The molecule has 0 spiro atoms. The fourth-order valence-electron chi connectivity index (χ4n) is 1.77. The minimum Gasteiger partial charge on any atom is -0.406 e. The fraction of sp³-hybridized carbons (Fsp3) is 0.500. The molecule has 0 aliphatic carbocycles. The van der Waals surface area contributed by atoms with E-state index in [1.54, 1.807) is 13.0 Å². The van der Waals surface area contributed by atoms with E-state index < -0.39 is 12.4 Å². The molecule has 2 atom stereocenters.